The fourth-order valence-corrected chi connectivity index (χ4v) is 5.75. The molecule has 0 amide bonds. The van der Waals surface area contributed by atoms with Crippen molar-refractivity contribution in [2.45, 2.75) is 5.41 Å². The van der Waals surface area contributed by atoms with Crippen molar-refractivity contribution in [2.24, 2.45) is 0 Å². The Balaban J connectivity index is 1.84. The summed E-state index contributed by atoms with van der Waals surface area (Å²) in [6, 6.07) is 34.5. The quantitative estimate of drug-likeness (QED) is 0.325. The van der Waals surface area contributed by atoms with Crippen LogP contribution in [-0.2, 0) is 10.2 Å². The van der Waals surface area contributed by atoms with Crippen LogP contribution in [0, 0.1) is 0 Å². The maximum absolute atomic E-state index is 14.3. The van der Waals surface area contributed by atoms with Gasteiger partial charge in [0.15, 0.2) is 5.78 Å². The Kier molecular flexibility index (Phi) is 4.79. The number of ketones is 1. The van der Waals surface area contributed by atoms with E-state index in [1.807, 2.05) is 72.8 Å². The van der Waals surface area contributed by atoms with E-state index in [0.29, 0.717) is 0 Å². The van der Waals surface area contributed by atoms with Crippen molar-refractivity contribution < 1.29 is 9.53 Å². The predicted molar refractivity (Wildman–Crippen MR) is 138 cm³/mol. The number of methoxy groups -OCH3 is 1. The van der Waals surface area contributed by atoms with E-state index in [1.54, 1.807) is 13.2 Å². The summed E-state index contributed by atoms with van der Waals surface area (Å²) in [4.78, 5) is 14.3. The second kappa shape index (κ2) is 7.86. The van der Waals surface area contributed by atoms with Gasteiger partial charge in [0.2, 0.25) is 0 Å². The highest BCUT2D eigenvalue weighted by atomic mass is 35.5. The maximum Gasteiger partial charge on any atom is 0.193 e. The molecule has 2 aliphatic rings. The first-order valence-electron chi connectivity index (χ1n) is 11.2. The van der Waals surface area contributed by atoms with Gasteiger partial charge in [0.1, 0.15) is 11.2 Å². The molecule has 1 atom stereocenters. The largest absolute Gasteiger partial charge is 0.497 e. The number of ether oxygens (including phenoxy) is 1. The summed E-state index contributed by atoms with van der Waals surface area (Å²) in [7, 11) is 1.66. The van der Waals surface area contributed by atoms with Crippen LogP contribution < -0.4 is 4.74 Å². The first-order chi connectivity index (χ1) is 16.7. The Morgan fingerprint density at radius 1 is 0.735 bits per heavy atom. The lowest BCUT2D eigenvalue weighted by molar-refractivity contribution is -0.117. The molecule has 4 aromatic rings. The molecule has 0 bridgehead atoms. The van der Waals surface area contributed by atoms with Gasteiger partial charge in [-0.2, -0.15) is 0 Å². The zero-order chi connectivity index (χ0) is 23.3. The lowest BCUT2D eigenvalue weighted by Gasteiger charge is -2.37. The second-order valence-electron chi connectivity index (χ2n) is 8.55. The van der Waals surface area contributed by atoms with Crippen molar-refractivity contribution in [1.29, 1.82) is 0 Å². The summed E-state index contributed by atoms with van der Waals surface area (Å²) in [5.41, 5.74) is 6.76. The van der Waals surface area contributed by atoms with Crippen molar-refractivity contribution >= 4 is 34.6 Å². The highest BCUT2D eigenvalue weighted by Gasteiger charge is 2.55. The molecule has 0 saturated heterocycles. The number of rotatable bonds is 3. The van der Waals surface area contributed by atoms with Crippen molar-refractivity contribution in [1.82, 2.24) is 0 Å². The van der Waals surface area contributed by atoms with E-state index >= 15 is 0 Å². The van der Waals surface area contributed by atoms with Gasteiger partial charge in [0.05, 0.1) is 12.1 Å². The van der Waals surface area contributed by atoms with Gasteiger partial charge in [0, 0.05) is 0 Å². The van der Waals surface area contributed by atoms with E-state index < -0.39 is 5.41 Å². The molecule has 0 N–H and O–H groups in total. The van der Waals surface area contributed by atoms with E-state index in [2.05, 4.69) is 30.3 Å². The lowest BCUT2D eigenvalue weighted by Crippen LogP contribution is -2.39. The van der Waals surface area contributed by atoms with Gasteiger partial charge in [-0.3, -0.25) is 4.79 Å². The third-order valence-corrected chi connectivity index (χ3v) is 7.14. The number of benzene rings is 4. The van der Waals surface area contributed by atoms with E-state index in [-0.39, 0.29) is 10.8 Å². The normalized spacial score (nSPS) is 18.5. The zero-order valence-electron chi connectivity index (χ0n) is 18.6. The van der Waals surface area contributed by atoms with Crippen molar-refractivity contribution in [3.05, 3.63) is 142 Å². The molecule has 1 spiro atoms. The topological polar surface area (TPSA) is 26.3 Å². The first-order valence-corrected chi connectivity index (χ1v) is 11.6. The fourth-order valence-electron chi connectivity index (χ4n) is 5.49. The van der Waals surface area contributed by atoms with Crippen LogP contribution in [0.1, 0.15) is 33.4 Å². The minimum atomic E-state index is -1.06. The molecule has 164 valence electrons. The summed E-state index contributed by atoms with van der Waals surface area (Å²) < 4.78 is 5.61. The molecule has 2 nitrogen and oxygen atoms in total. The Hall–Kier alpha value is -3.88. The van der Waals surface area contributed by atoms with Crippen LogP contribution in [0.25, 0.3) is 17.2 Å². The lowest BCUT2D eigenvalue weighted by atomic mass is 9.63. The van der Waals surface area contributed by atoms with Crippen LogP contribution in [0.4, 0.5) is 0 Å². The molecule has 0 aromatic heterocycles. The van der Waals surface area contributed by atoms with Crippen LogP contribution in [0.5, 0.6) is 5.75 Å². The Bertz CT molecular complexity index is 1500. The number of carbonyl (C=O) groups excluding carboxylic acids is 1. The molecule has 6 rings (SSSR count). The van der Waals surface area contributed by atoms with Crippen LogP contribution in [0.2, 0.25) is 0 Å². The number of halogens is 1. The molecule has 2 aliphatic carbocycles. The van der Waals surface area contributed by atoms with E-state index in [4.69, 9.17) is 16.3 Å². The zero-order valence-corrected chi connectivity index (χ0v) is 19.3. The van der Waals surface area contributed by atoms with Crippen molar-refractivity contribution in [3.63, 3.8) is 0 Å². The van der Waals surface area contributed by atoms with Crippen molar-refractivity contribution in [2.75, 3.05) is 7.11 Å². The number of hydrogen-bond acceptors (Lipinski definition) is 2. The van der Waals surface area contributed by atoms with Crippen LogP contribution in [0.15, 0.2) is 108 Å². The number of Topliss-reactive ketones (excluding diaryl/α,β-unsaturated/α-hetero) is 1. The summed E-state index contributed by atoms with van der Waals surface area (Å²) >= 11 is 6.70. The van der Waals surface area contributed by atoms with Gasteiger partial charge in [-0.15, -0.1) is 0 Å². The Labute approximate surface area is 203 Å². The average Bonchev–Trinajstić information content (AvgIpc) is 3.19. The highest BCUT2D eigenvalue weighted by molar-refractivity contribution is 6.49. The van der Waals surface area contributed by atoms with Crippen molar-refractivity contribution in [3.8, 4) is 5.75 Å². The predicted octanol–water partition coefficient (Wildman–Crippen LogP) is 7.12. The van der Waals surface area contributed by atoms with E-state index in [1.165, 1.54) is 0 Å². The minimum Gasteiger partial charge on any atom is -0.497 e. The number of hydrogen-bond donors (Lipinski definition) is 0. The third-order valence-electron chi connectivity index (χ3n) is 6.85. The molecule has 0 fully saturated rings. The maximum atomic E-state index is 14.3. The summed E-state index contributed by atoms with van der Waals surface area (Å²) in [5, 5.41) is 0.239. The highest BCUT2D eigenvalue weighted by Crippen LogP contribution is 2.60. The smallest absolute Gasteiger partial charge is 0.193 e. The molecule has 4 aromatic carbocycles. The Morgan fingerprint density at radius 3 is 2.09 bits per heavy atom. The van der Waals surface area contributed by atoms with Crippen LogP contribution in [-0.4, -0.2) is 12.9 Å². The van der Waals surface area contributed by atoms with Crippen LogP contribution >= 0.6 is 11.6 Å². The molecular formula is C31H21ClO2. The van der Waals surface area contributed by atoms with E-state index in [9.17, 15) is 4.79 Å². The summed E-state index contributed by atoms with van der Waals surface area (Å²) in [5.74, 6) is 0.638. The second-order valence-corrected chi connectivity index (χ2v) is 8.96. The van der Waals surface area contributed by atoms with Gasteiger partial charge in [-0.1, -0.05) is 103 Å². The number of fused-ring (bicyclic) bond motifs is 4. The van der Waals surface area contributed by atoms with Gasteiger partial charge >= 0.3 is 0 Å². The Morgan fingerprint density at radius 2 is 1.38 bits per heavy atom. The van der Waals surface area contributed by atoms with Gasteiger partial charge in [-0.25, -0.2) is 0 Å². The molecule has 3 heteroatoms. The van der Waals surface area contributed by atoms with Gasteiger partial charge in [0.25, 0.3) is 0 Å². The first kappa shape index (κ1) is 20.7. The molecule has 34 heavy (non-hydrogen) atoms. The van der Waals surface area contributed by atoms with Crippen LogP contribution in [0.3, 0.4) is 0 Å². The van der Waals surface area contributed by atoms with E-state index in [0.717, 1.165) is 50.3 Å². The summed E-state index contributed by atoms with van der Waals surface area (Å²) in [6.45, 7) is 0. The van der Waals surface area contributed by atoms with Gasteiger partial charge < -0.3 is 4.74 Å². The fraction of sp³-hybridized carbons (Fsp3) is 0.0645. The molecule has 0 heterocycles. The third kappa shape index (κ3) is 2.79. The average molecular weight is 461 g/mol. The van der Waals surface area contributed by atoms with Gasteiger partial charge in [-0.05, 0) is 62.7 Å². The number of carbonyl (C=O) groups is 1. The minimum absolute atomic E-state index is 0.107. The number of allylic oxidation sites excluding steroid dienone is 2. The standard InChI is InChI=1S/C31H21ClO2/c1-34-23-16-17-26-24(19-23)28(20-10-4-2-5-11-20)29(21-12-6-3-7-13-21)31(26)25-15-9-8-14-22(25)18-27(32)30(31)33/h2-19H,1H3/t31-/m0/s1. The molecule has 0 radical (unpaired) electrons. The molecule has 0 aliphatic heterocycles. The molecular weight excluding hydrogens is 440 g/mol. The summed E-state index contributed by atoms with van der Waals surface area (Å²) in [6.07, 6.45) is 1.79. The molecule has 0 saturated carbocycles. The monoisotopic (exact) mass is 460 g/mol. The molecule has 0 unspecified atom stereocenters. The SMILES string of the molecule is COc1ccc2c(c1)C(c1ccccc1)=C(c1ccccc1)[C@@]21C(=O)C(Cl)=Cc2ccccc21.